The predicted molar refractivity (Wildman–Crippen MR) is 107 cm³/mol. The summed E-state index contributed by atoms with van der Waals surface area (Å²) in [4.78, 5) is 16.4. The first kappa shape index (κ1) is 20.3. The molecular formula is C20H25N3O4S. The summed E-state index contributed by atoms with van der Waals surface area (Å²) < 4.78 is 32.5. The zero-order valence-corrected chi connectivity index (χ0v) is 16.7. The number of methoxy groups -OCH3 is 1. The second-order valence-corrected chi connectivity index (χ2v) is 8.75. The van der Waals surface area contributed by atoms with Gasteiger partial charge in [-0.25, -0.2) is 8.42 Å². The van der Waals surface area contributed by atoms with Crippen molar-refractivity contribution < 1.29 is 17.9 Å². The van der Waals surface area contributed by atoms with E-state index in [1.165, 1.54) is 7.11 Å². The van der Waals surface area contributed by atoms with E-state index in [0.29, 0.717) is 17.9 Å². The smallest absolute Gasteiger partial charge is 0.251 e. The Labute approximate surface area is 165 Å². The van der Waals surface area contributed by atoms with Crippen LogP contribution in [0.5, 0.6) is 5.75 Å². The molecule has 1 aliphatic rings. The number of carbonyl (C=O) groups excluding carboxylic acids is 1. The molecule has 1 aromatic heterocycles. The highest BCUT2D eigenvalue weighted by atomic mass is 32.2. The molecule has 0 bridgehead atoms. The van der Waals surface area contributed by atoms with E-state index in [1.54, 1.807) is 41.0 Å². The van der Waals surface area contributed by atoms with Gasteiger partial charge in [0.05, 0.1) is 18.9 Å². The fourth-order valence-corrected chi connectivity index (χ4v) is 5.04. The normalized spacial score (nSPS) is 17.8. The molecule has 8 heteroatoms. The van der Waals surface area contributed by atoms with Crippen molar-refractivity contribution in [3.8, 4) is 5.75 Å². The molecule has 28 heavy (non-hydrogen) atoms. The lowest BCUT2D eigenvalue weighted by atomic mass is 9.99. The maximum atomic E-state index is 12.9. The van der Waals surface area contributed by atoms with Crippen LogP contribution in [0.1, 0.15) is 41.2 Å². The van der Waals surface area contributed by atoms with E-state index < -0.39 is 10.0 Å². The third-order valence-electron chi connectivity index (χ3n) is 4.86. The first-order chi connectivity index (χ1) is 13.5. The highest BCUT2D eigenvalue weighted by Crippen LogP contribution is 2.32. The van der Waals surface area contributed by atoms with E-state index in [9.17, 15) is 13.2 Å². The Bertz CT molecular complexity index is 903. The fraction of sp³-hybridized carbons (Fsp3) is 0.400. The molecule has 0 radical (unpaired) electrons. The first-order valence-electron chi connectivity index (χ1n) is 9.33. The zero-order valence-electron chi connectivity index (χ0n) is 15.9. The number of nitrogens with zero attached hydrogens (tertiary/aromatic N) is 2. The Kier molecular flexibility index (Phi) is 6.64. The number of ether oxygens (including phenoxy) is 1. The number of sulfonamides is 1. The van der Waals surface area contributed by atoms with Gasteiger partial charge >= 0.3 is 0 Å². The average molecular weight is 404 g/mol. The number of pyridine rings is 1. The molecule has 0 unspecified atom stereocenters. The molecule has 0 spiro atoms. The van der Waals surface area contributed by atoms with Gasteiger partial charge in [-0.3, -0.25) is 9.78 Å². The third-order valence-corrected chi connectivity index (χ3v) is 6.73. The second-order valence-electron chi connectivity index (χ2n) is 6.71. The monoisotopic (exact) mass is 403 g/mol. The lowest BCUT2D eigenvalue weighted by Gasteiger charge is -2.34. The van der Waals surface area contributed by atoms with Crippen molar-refractivity contribution in [3.05, 3.63) is 59.9 Å². The maximum Gasteiger partial charge on any atom is 0.251 e. The van der Waals surface area contributed by atoms with Crippen LogP contribution in [0.2, 0.25) is 0 Å². The van der Waals surface area contributed by atoms with Gasteiger partial charge in [-0.15, -0.1) is 0 Å². The van der Waals surface area contributed by atoms with Crippen LogP contribution < -0.4 is 10.1 Å². The molecule has 7 nitrogen and oxygen atoms in total. The number of benzene rings is 1. The van der Waals surface area contributed by atoms with Crippen LogP contribution in [0.4, 0.5) is 0 Å². The maximum absolute atomic E-state index is 12.9. The topological polar surface area (TPSA) is 88.6 Å². The molecule has 1 saturated heterocycles. The molecule has 0 aliphatic carbocycles. The lowest BCUT2D eigenvalue weighted by Crippen LogP contribution is -2.42. The van der Waals surface area contributed by atoms with Gasteiger partial charge < -0.3 is 10.1 Å². The summed E-state index contributed by atoms with van der Waals surface area (Å²) in [6.07, 6.45) is 6.01. The van der Waals surface area contributed by atoms with Crippen LogP contribution in [0.15, 0.2) is 48.8 Å². The highest BCUT2D eigenvalue weighted by Gasteiger charge is 2.33. The highest BCUT2D eigenvalue weighted by molar-refractivity contribution is 7.89. The van der Waals surface area contributed by atoms with Gasteiger partial charge in [0.25, 0.3) is 5.91 Å². The summed E-state index contributed by atoms with van der Waals surface area (Å²) in [7, 11) is -1.98. The SMILES string of the molecule is COc1cccc(C(=O)NCCS(=O)(=O)N2CCCC[C@H]2c2cccnc2)c1. The van der Waals surface area contributed by atoms with Crippen LogP contribution in [-0.4, -0.2) is 49.6 Å². The molecule has 1 N–H and O–H groups in total. The van der Waals surface area contributed by atoms with E-state index in [0.717, 1.165) is 24.8 Å². The third kappa shape index (κ3) is 4.88. The minimum Gasteiger partial charge on any atom is -0.497 e. The molecule has 1 amide bonds. The van der Waals surface area contributed by atoms with Crippen LogP contribution >= 0.6 is 0 Å². The molecule has 3 rings (SSSR count). The Hall–Kier alpha value is -2.45. The van der Waals surface area contributed by atoms with Crippen LogP contribution in [-0.2, 0) is 10.0 Å². The van der Waals surface area contributed by atoms with Crippen molar-refractivity contribution in [3.63, 3.8) is 0 Å². The van der Waals surface area contributed by atoms with Crippen LogP contribution in [0.25, 0.3) is 0 Å². The first-order valence-corrected chi connectivity index (χ1v) is 10.9. The van der Waals surface area contributed by atoms with Gasteiger partial charge in [0.1, 0.15) is 5.75 Å². The van der Waals surface area contributed by atoms with Gasteiger partial charge in [-0.1, -0.05) is 18.6 Å². The van der Waals surface area contributed by atoms with Crippen molar-refractivity contribution in [1.29, 1.82) is 0 Å². The Morgan fingerprint density at radius 1 is 1.29 bits per heavy atom. The summed E-state index contributed by atoms with van der Waals surface area (Å²) in [6.45, 7) is 0.542. The molecular weight excluding hydrogens is 378 g/mol. The molecule has 1 aromatic carbocycles. The van der Waals surface area contributed by atoms with Crippen molar-refractivity contribution in [2.75, 3.05) is 26.0 Å². The summed E-state index contributed by atoms with van der Waals surface area (Å²) >= 11 is 0. The number of hydrogen-bond acceptors (Lipinski definition) is 5. The average Bonchev–Trinajstić information content (AvgIpc) is 2.74. The summed E-state index contributed by atoms with van der Waals surface area (Å²) in [5.41, 5.74) is 1.34. The number of rotatable bonds is 7. The molecule has 1 fully saturated rings. The number of carbonyl (C=O) groups is 1. The number of piperidine rings is 1. The van der Waals surface area contributed by atoms with Crippen molar-refractivity contribution in [2.45, 2.75) is 25.3 Å². The van der Waals surface area contributed by atoms with Crippen LogP contribution in [0.3, 0.4) is 0 Å². The van der Waals surface area contributed by atoms with Crippen molar-refractivity contribution in [1.82, 2.24) is 14.6 Å². The number of hydrogen-bond donors (Lipinski definition) is 1. The summed E-state index contributed by atoms with van der Waals surface area (Å²) in [6, 6.07) is 10.3. The molecule has 2 heterocycles. The van der Waals surface area contributed by atoms with Gasteiger partial charge in [0.15, 0.2) is 0 Å². The molecule has 0 saturated carbocycles. The number of aromatic nitrogens is 1. The van der Waals surface area contributed by atoms with E-state index in [1.807, 2.05) is 12.1 Å². The van der Waals surface area contributed by atoms with Gasteiger partial charge in [-0.2, -0.15) is 4.31 Å². The molecule has 1 aliphatic heterocycles. The van der Waals surface area contributed by atoms with E-state index in [4.69, 9.17) is 4.74 Å². The quantitative estimate of drug-likeness (QED) is 0.767. The molecule has 2 aromatic rings. The van der Waals surface area contributed by atoms with E-state index in [2.05, 4.69) is 10.3 Å². The summed E-state index contributed by atoms with van der Waals surface area (Å²) in [5, 5.41) is 2.69. The second kappa shape index (κ2) is 9.16. The number of amides is 1. The standard InChI is InChI=1S/C20H25N3O4S/c1-27-18-8-4-6-16(14-18)20(24)22-11-13-28(25,26)23-12-3-2-9-19(23)17-7-5-10-21-15-17/h4-8,10,14-15,19H,2-3,9,11-13H2,1H3,(H,22,24)/t19-/m0/s1. The number of nitrogens with one attached hydrogen (secondary N) is 1. The Morgan fingerprint density at radius 2 is 2.14 bits per heavy atom. The molecule has 1 atom stereocenters. The van der Waals surface area contributed by atoms with E-state index >= 15 is 0 Å². The minimum absolute atomic E-state index is 0.0502. The fourth-order valence-electron chi connectivity index (χ4n) is 3.42. The predicted octanol–water partition coefficient (Wildman–Crippen LogP) is 2.38. The van der Waals surface area contributed by atoms with Gasteiger partial charge in [-0.05, 0) is 42.7 Å². The van der Waals surface area contributed by atoms with Gasteiger partial charge in [0, 0.05) is 31.0 Å². The summed E-state index contributed by atoms with van der Waals surface area (Å²) in [5.74, 6) is 0.115. The largest absolute Gasteiger partial charge is 0.497 e. The molecule has 150 valence electrons. The Morgan fingerprint density at radius 3 is 2.89 bits per heavy atom. The minimum atomic E-state index is -3.51. The van der Waals surface area contributed by atoms with Gasteiger partial charge in [0.2, 0.25) is 10.0 Å². The van der Waals surface area contributed by atoms with Crippen molar-refractivity contribution >= 4 is 15.9 Å². The van der Waals surface area contributed by atoms with Crippen molar-refractivity contribution in [2.24, 2.45) is 0 Å². The van der Waals surface area contributed by atoms with Crippen LogP contribution in [0, 0.1) is 0 Å². The Balaban J connectivity index is 1.63. The lowest BCUT2D eigenvalue weighted by molar-refractivity contribution is 0.0955. The van der Waals surface area contributed by atoms with E-state index in [-0.39, 0.29) is 24.2 Å². The zero-order chi connectivity index (χ0) is 20.0.